The molecule has 3 rings (SSSR count). The van der Waals surface area contributed by atoms with Crippen molar-refractivity contribution in [1.29, 1.82) is 0 Å². The van der Waals surface area contributed by atoms with Crippen LogP contribution in [0.3, 0.4) is 0 Å². The quantitative estimate of drug-likeness (QED) is 0.860. The van der Waals surface area contributed by atoms with Crippen LogP contribution in [0, 0.1) is 13.8 Å². The molecule has 142 valence electrons. The summed E-state index contributed by atoms with van der Waals surface area (Å²) in [5.74, 6) is 0.333. The van der Waals surface area contributed by atoms with Gasteiger partial charge in [0.2, 0.25) is 5.91 Å². The number of piperazine rings is 1. The monoisotopic (exact) mass is 387 g/mol. The first kappa shape index (κ1) is 22.1. The lowest BCUT2D eigenvalue weighted by Crippen LogP contribution is -2.49. The van der Waals surface area contributed by atoms with Crippen LogP contribution in [-0.4, -0.2) is 49.6 Å². The van der Waals surface area contributed by atoms with Gasteiger partial charge in [0.25, 0.3) is 0 Å². The first-order valence-electron chi connectivity index (χ1n) is 8.97. The van der Waals surface area contributed by atoms with E-state index in [2.05, 4.69) is 47.2 Å². The summed E-state index contributed by atoms with van der Waals surface area (Å²) in [4.78, 5) is 16.9. The van der Waals surface area contributed by atoms with Gasteiger partial charge in [-0.3, -0.25) is 4.79 Å². The third-order valence-electron chi connectivity index (χ3n) is 5.42. The minimum Gasteiger partial charge on any atom is -0.368 e. The van der Waals surface area contributed by atoms with Crippen LogP contribution in [0.15, 0.2) is 18.2 Å². The third-order valence-corrected chi connectivity index (χ3v) is 5.42. The van der Waals surface area contributed by atoms with Gasteiger partial charge in [0.15, 0.2) is 0 Å². The highest BCUT2D eigenvalue weighted by Gasteiger charge is 2.23. The molecule has 0 bridgehead atoms. The second kappa shape index (κ2) is 10.2. The van der Waals surface area contributed by atoms with Crippen molar-refractivity contribution in [3.05, 3.63) is 29.3 Å². The van der Waals surface area contributed by atoms with E-state index in [1.807, 2.05) is 0 Å². The predicted molar refractivity (Wildman–Crippen MR) is 109 cm³/mol. The Bertz CT molecular complexity index is 554. The Morgan fingerprint density at radius 3 is 2.52 bits per heavy atom. The lowest BCUT2D eigenvalue weighted by Gasteiger charge is -2.37. The average molecular weight is 388 g/mol. The zero-order valence-electron chi connectivity index (χ0n) is 15.3. The zero-order valence-corrected chi connectivity index (χ0v) is 16.9. The van der Waals surface area contributed by atoms with Crippen LogP contribution in [0.1, 0.15) is 36.8 Å². The number of rotatable bonds is 4. The van der Waals surface area contributed by atoms with Crippen molar-refractivity contribution in [2.75, 3.05) is 37.6 Å². The molecular formula is C19H31Cl2N3O. The van der Waals surface area contributed by atoms with Gasteiger partial charge < -0.3 is 15.1 Å². The summed E-state index contributed by atoms with van der Waals surface area (Å²) in [6, 6.07) is 7.06. The maximum Gasteiger partial charge on any atom is 0.222 e. The molecular weight excluding hydrogens is 357 g/mol. The van der Waals surface area contributed by atoms with Gasteiger partial charge in [0.1, 0.15) is 0 Å². The lowest BCUT2D eigenvalue weighted by molar-refractivity contribution is -0.131. The minimum atomic E-state index is 0. The molecule has 1 amide bonds. The van der Waals surface area contributed by atoms with Crippen LogP contribution in [0.2, 0.25) is 0 Å². The number of nitrogens with one attached hydrogen (secondary N) is 1. The van der Waals surface area contributed by atoms with E-state index < -0.39 is 0 Å². The molecule has 25 heavy (non-hydrogen) atoms. The fraction of sp³-hybridized carbons (Fsp3) is 0.632. The number of benzene rings is 1. The van der Waals surface area contributed by atoms with Gasteiger partial charge in [-0.05, 0) is 56.8 Å². The summed E-state index contributed by atoms with van der Waals surface area (Å²) in [6.45, 7) is 9.06. The molecule has 1 atom stereocenters. The van der Waals surface area contributed by atoms with Crippen molar-refractivity contribution in [2.45, 2.75) is 45.6 Å². The van der Waals surface area contributed by atoms with Gasteiger partial charge in [-0.15, -0.1) is 24.8 Å². The lowest BCUT2D eigenvalue weighted by atomic mass is 10.1. The molecule has 6 heteroatoms. The normalized spacial score (nSPS) is 20.0. The smallest absolute Gasteiger partial charge is 0.222 e. The van der Waals surface area contributed by atoms with Gasteiger partial charge in [0.05, 0.1) is 0 Å². The van der Waals surface area contributed by atoms with Gasteiger partial charge in [-0.1, -0.05) is 12.1 Å². The Morgan fingerprint density at radius 2 is 1.88 bits per heavy atom. The standard InChI is InChI=1S/C19H29N3O.2ClH/c1-15-5-3-7-18(16(15)2)21-11-13-22(14-12-21)19(23)9-8-17-6-4-10-20-17;;/h3,5,7,17,20H,4,6,8-14H2,1-2H3;2*1H. The Morgan fingerprint density at radius 1 is 1.16 bits per heavy atom. The molecule has 1 aromatic carbocycles. The SMILES string of the molecule is Cc1cccc(N2CCN(C(=O)CCC3CCCN3)CC2)c1C.Cl.Cl. The maximum atomic E-state index is 12.4. The fourth-order valence-electron chi connectivity index (χ4n) is 3.73. The highest BCUT2D eigenvalue weighted by Crippen LogP contribution is 2.24. The second-order valence-corrected chi connectivity index (χ2v) is 6.92. The molecule has 1 N–H and O–H groups in total. The molecule has 0 aromatic heterocycles. The van der Waals surface area contributed by atoms with E-state index >= 15 is 0 Å². The number of amides is 1. The van der Waals surface area contributed by atoms with Gasteiger partial charge in [-0.2, -0.15) is 0 Å². The highest BCUT2D eigenvalue weighted by atomic mass is 35.5. The van der Waals surface area contributed by atoms with Crippen molar-refractivity contribution in [2.24, 2.45) is 0 Å². The minimum absolute atomic E-state index is 0. The number of carbonyl (C=O) groups excluding carboxylic acids is 1. The molecule has 0 radical (unpaired) electrons. The van der Waals surface area contributed by atoms with Crippen molar-refractivity contribution < 1.29 is 4.79 Å². The molecule has 1 unspecified atom stereocenters. The number of nitrogens with zero attached hydrogens (tertiary/aromatic N) is 2. The van der Waals surface area contributed by atoms with Crippen LogP contribution in [0.25, 0.3) is 0 Å². The molecule has 0 saturated carbocycles. The topological polar surface area (TPSA) is 35.6 Å². The van der Waals surface area contributed by atoms with E-state index in [9.17, 15) is 4.79 Å². The predicted octanol–water partition coefficient (Wildman–Crippen LogP) is 3.33. The molecule has 2 saturated heterocycles. The van der Waals surface area contributed by atoms with Gasteiger partial charge in [-0.25, -0.2) is 0 Å². The summed E-state index contributed by atoms with van der Waals surface area (Å²) in [5, 5.41) is 3.48. The van der Waals surface area contributed by atoms with E-state index in [4.69, 9.17) is 0 Å². The number of anilines is 1. The van der Waals surface area contributed by atoms with Crippen LogP contribution in [0.5, 0.6) is 0 Å². The Balaban J connectivity index is 0.00000156. The third kappa shape index (κ3) is 5.50. The van der Waals surface area contributed by atoms with Crippen LogP contribution < -0.4 is 10.2 Å². The molecule has 0 spiro atoms. The van der Waals surface area contributed by atoms with E-state index in [1.54, 1.807) is 0 Å². The molecule has 4 nitrogen and oxygen atoms in total. The number of hydrogen-bond donors (Lipinski definition) is 1. The van der Waals surface area contributed by atoms with Crippen molar-refractivity contribution in [3.63, 3.8) is 0 Å². The summed E-state index contributed by atoms with van der Waals surface area (Å²) in [7, 11) is 0. The van der Waals surface area contributed by atoms with Crippen LogP contribution in [-0.2, 0) is 4.79 Å². The average Bonchev–Trinajstić information content (AvgIpc) is 3.09. The summed E-state index contributed by atoms with van der Waals surface area (Å²) in [5.41, 5.74) is 4.02. The van der Waals surface area contributed by atoms with Crippen LogP contribution >= 0.6 is 24.8 Å². The molecule has 2 aliphatic rings. The van der Waals surface area contributed by atoms with E-state index in [0.717, 1.165) is 39.1 Å². The van der Waals surface area contributed by atoms with Crippen molar-refractivity contribution in [1.82, 2.24) is 10.2 Å². The summed E-state index contributed by atoms with van der Waals surface area (Å²) >= 11 is 0. The van der Waals surface area contributed by atoms with E-state index in [-0.39, 0.29) is 24.8 Å². The molecule has 2 heterocycles. The Kier molecular flexibility index (Phi) is 9.04. The van der Waals surface area contributed by atoms with E-state index in [1.165, 1.54) is 29.7 Å². The first-order chi connectivity index (χ1) is 11.1. The highest BCUT2D eigenvalue weighted by molar-refractivity contribution is 5.85. The van der Waals surface area contributed by atoms with E-state index in [0.29, 0.717) is 18.4 Å². The largest absolute Gasteiger partial charge is 0.368 e. The molecule has 1 aromatic rings. The van der Waals surface area contributed by atoms with Gasteiger partial charge >= 0.3 is 0 Å². The van der Waals surface area contributed by atoms with Gasteiger partial charge in [0, 0.05) is 44.3 Å². The number of aryl methyl sites for hydroxylation is 1. The zero-order chi connectivity index (χ0) is 16.2. The van der Waals surface area contributed by atoms with Crippen LogP contribution in [0.4, 0.5) is 5.69 Å². The Labute approximate surface area is 164 Å². The number of hydrogen-bond acceptors (Lipinski definition) is 3. The number of halogens is 2. The second-order valence-electron chi connectivity index (χ2n) is 6.92. The maximum absolute atomic E-state index is 12.4. The van der Waals surface area contributed by atoms with Crippen molar-refractivity contribution in [3.8, 4) is 0 Å². The molecule has 2 aliphatic heterocycles. The Hall–Kier alpha value is -0.970. The fourth-order valence-corrected chi connectivity index (χ4v) is 3.73. The molecule has 0 aliphatic carbocycles. The first-order valence-corrected chi connectivity index (χ1v) is 8.97. The molecule has 2 fully saturated rings. The summed E-state index contributed by atoms with van der Waals surface area (Å²) < 4.78 is 0. The van der Waals surface area contributed by atoms with Crippen molar-refractivity contribution >= 4 is 36.4 Å². The number of carbonyl (C=O) groups is 1. The summed E-state index contributed by atoms with van der Waals surface area (Å²) in [6.07, 6.45) is 4.18.